The number of amides is 2. The Hall–Kier alpha value is -3.19. The van der Waals surface area contributed by atoms with Gasteiger partial charge in [-0.3, -0.25) is 9.59 Å². The van der Waals surface area contributed by atoms with E-state index in [9.17, 15) is 20.1 Å². The number of anilines is 1. The van der Waals surface area contributed by atoms with Crippen LogP contribution >= 0.6 is 0 Å². The summed E-state index contributed by atoms with van der Waals surface area (Å²) in [7, 11) is 1.55. The predicted molar refractivity (Wildman–Crippen MR) is 74.3 cm³/mol. The molecule has 3 atom stereocenters. The molecule has 4 rings (SSSR count). The van der Waals surface area contributed by atoms with Gasteiger partial charge < -0.3 is 10.6 Å². The number of nitriles is 2. The highest BCUT2D eigenvalue weighted by Gasteiger charge is 3.02. The third-order valence-corrected chi connectivity index (χ3v) is 5.18. The molecule has 0 unspecified atom stereocenters. The van der Waals surface area contributed by atoms with Gasteiger partial charge in [-0.05, 0) is 11.6 Å². The third-order valence-electron chi connectivity index (χ3n) is 5.18. The van der Waals surface area contributed by atoms with Gasteiger partial charge >= 0.3 is 0 Å². The van der Waals surface area contributed by atoms with Crippen LogP contribution < -0.4 is 10.6 Å². The third kappa shape index (κ3) is 0.751. The maximum atomic E-state index is 12.9. The monoisotopic (exact) mass is 291 g/mol. The molecule has 2 N–H and O–H groups in total. The number of benzene rings is 1. The molecule has 2 aliphatic heterocycles. The molecule has 1 aromatic rings. The molecule has 3 aliphatic rings. The summed E-state index contributed by atoms with van der Waals surface area (Å²) in [6.07, 6.45) is 0. The van der Waals surface area contributed by atoms with Crippen LogP contribution in [-0.4, -0.2) is 24.7 Å². The van der Waals surface area contributed by atoms with Crippen molar-refractivity contribution in [2.45, 2.75) is 5.41 Å². The number of nitrogens with two attached hydrogens (primary N) is 1. The Morgan fingerprint density at radius 3 is 2.41 bits per heavy atom. The number of nitrogens with zero attached hydrogens (tertiary/aromatic N) is 4. The molecule has 1 aliphatic carbocycles. The highest BCUT2D eigenvalue weighted by atomic mass is 16.2. The van der Waals surface area contributed by atoms with Crippen molar-refractivity contribution in [3.63, 3.8) is 0 Å². The molecule has 1 saturated carbocycles. The van der Waals surface area contributed by atoms with Gasteiger partial charge in [0.15, 0.2) is 10.8 Å². The number of para-hydroxylation sites is 1. The maximum Gasteiger partial charge on any atom is 0.271 e. The molecule has 0 saturated heterocycles. The highest BCUT2D eigenvalue weighted by molar-refractivity contribution is 6.30. The summed E-state index contributed by atoms with van der Waals surface area (Å²) in [6, 6.07) is 10.7. The Morgan fingerprint density at radius 1 is 1.18 bits per heavy atom. The average Bonchev–Trinajstić information content (AvgIpc) is 2.94. The van der Waals surface area contributed by atoms with E-state index in [1.54, 1.807) is 31.3 Å². The van der Waals surface area contributed by atoms with Crippen molar-refractivity contribution in [1.82, 2.24) is 0 Å². The maximum absolute atomic E-state index is 12.9. The van der Waals surface area contributed by atoms with Gasteiger partial charge in [0.1, 0.15) is 11.3 Å². The van der Waals surface area contributed by atoms with Crippen molar-refractivity contribution in [3.05, 3.63) is 29.8 Å². The Morgan fingerprint density at radius 2 is 1.82 bits per heavy atom. The van der Waals surface area contributed by atoms with Crippen molar-refractivity contribution in [2.75, 3.05) is 11.9 Å². The number of likely N-dealkylation sites (N-methyl/N-ethyl adjacent to an activating group) is 1. The molecular formula is C15H9N5O2. The molecule has 2 heterocycles. The van der Waals surface area contributed by atoms with E-state index < -0.39 is 28.1 Å². The minimum atomic E-state index is -1.86. The van der Waals surface area contributed by atoms with Crippen molar-refractivity contribution >= 4 is 23.3 Å². The number of aliphatic imine (C=N–C) groups is 1. The van der Waals surface area contributed by atoms with Crippen LogP contribution in [0.25, 0.3) is 0 Å². The normalized spacial score (nSPS) is 37.4. The summed E-state index contributed by atoms with van der Waals surface area (Å²) < 4.78 is 0. The number of hydrogen-bond acceptors (Lipinski definition) is 5. The van der Waals surface area contributed by atoms with Crippen LogP contribution in [0.3, 0.4) is 0 Å². The number of rotatable bonds is 0. The fourth-order valence-electron chi connectivity index (χ4n) is 4.27. The lowest BCUT2D eigenvalue weighted by Crippen LogP contribution is -2.39. The highest BCUT2D eigenvalue weighted by Crippen LogP contribution is 2.83. The minimum Gasteiger partial charge on any atom is -0.386 e. The molecule has 106 valence electrons. The number of carbonyl (C=O) groups is 2. The number of amidine groups is 1. The second kappa shape index (κ2) is 3.18. The van der Waals surface area contributed by atoms with Gasteiger partial charge in [-0.1, -0.05) is 18.2 Å². The molecule has 0 bridgehead atoms. The zero-order chi connectivity index (χ0) is 15.9. The standard InChI is InChI=1S/C15H9N5O2/c1-20-9-5-3-2-4-8(9)15(12(20)22)13(6-16)10(18)19-11(21)14(13,15)7-17/h2-5H,1H3,(H2,18,19,21)/t13-,14-,15+/m0/s1. The molecule has 7 heteroatoms. The molecule has 0 aromatic heterocycles. The van der Waals surface area contributed by atoms with Crippen molar-refractivity contribution < 1.29 is 9.59 Å². The van der Waals surface area contributed by atoms with Gasteiger partial charge in [0, 0.05) is 12.7 Å². The minimum absolute atomic E-state index is 0.250. The summed E-state index contributed by atoms with van der Waals surface area (Å²) in [5.74, 6) is -1.53. The van der Waals surface area contributed by atoms with E-state index in [4.69, 9.17) is 5.73 Å². The number of carbonyl (C=O) groups excluding carboxylic acids is 2. The van der Waals surface area contributed by atoms with Gasteiger partial charge in [-0.25, -0.2) is 0 Å². The fourth-order valence-corrected chi connectivity index (χ4v) is 4.27. The van der Waals surface area contributed by atoms with E-state index in [2.05, 4.69) is 4.99 Å². The molecule has 7 nitrogen and oxygen atoms in total. The smallest absolute Gasteiger partial charge is 0.271 e. The topological polar surface area (TPSA) is 123 Å². The largest absolute Gasteiger partial charge is 0.386 e. The number of hydrogen-bond donors (Lipinski definition) is 1. The average molecular weight is 291 g/mol. The van der Waals surface area contributed by atoms with Crippen LogP contribution in [0.4, 0.5) is 5.69 Å². The quantitative estimate of drug-likeness (QED) is 0.710. The lowest BCUT2D eigenvalue weighted by molar-refractivity contribution is -0.126. The second-order valence-corrected chi connectivity index (χ2v) is 5.66. The van der Waals surface area contributed by atoms with Crippen LogP contribution in [0.2, 0.25) is 0 Å². The van der Waals surface area contributed by atoms with Crippen LogP contribution in [0.1, 0.15) is 5.56 Å². The van der Waals surface area contributed by atoms with Crippen molar-refractivity contribution in [2.24, 2.45) is 21.6 Å². The van der Waals surface area contributed by atoms with Crippen molar-refractivity contribution in [1.29, 1.82) is 10.5 Å². The van der Waals surface area contributed by atoms with E-state index in [1.807, 2.05) is 12.1 Å². The predicted octanol–water partition coefficient (Wildman–Crippen LogP) is -0.168. The molecule has 1 fully saturated rings. The van der Waals surface area contributed by atoms with Gasteiger partial charge in [0.25, 0.3) is 5.91 Å². The van der Waals surface area contributed by atoms with E-state index in [0.717, 1.165) is 0 Å². The first kappa shape index (κ1) is 12.5. The summed E-state index contributed by atoms with van der Waals surface area (Å²) in [5, 5.41) is 19.4. The first-order chi connectivity index (χ1) is 10.5. The Kier molecular flexibility index (Phi) is 1.81. The Bertz CT molecular complexity index is 907. The molecular weight excluding hydrogens is 282 g/mol. The van der Waals surface area contributed by atoms with Gasteiger partial charge in [0.05, 0.1) is 12.1 Å². The fraction of sp³-hybridized carbons (Fsp3) is 0.267. The molecule has 1 spiro atoms. The first-order valence-corrected chi connectivity index (χ1v) is 6.56. The summed E-state index contributed by atoms with van der Waals surface area (Å²) in [5.41, 5.74) is 1.71. The lowest BCUT2D eigenvalue weighted by Gasteiger charge is -2.15. The zero-order valence-corrected chi connectivity index (χ0v) is 11.5. The van der Waals surface area contributed by atoms with E-state index >= 15 is 0 Å². The summed E-state index contributed by atoms with van der Waals surface area (Å²) >= 11 is 0. The van der Waals surface area contributed by atoms with E-state index in [1.165, 1.54) is 4.90 Å². The van der Waals surface area contributed by atoms with Crippen LogP contribution in [-0.2, 0) is 15.0 Å². The first-order valence-electron chi connectivity index (χ1n) is 6.56. The van der Waals surface area contributed by atoms with Crippen LogP contribution in [0.5, 0.6) is 0 Å². The lowest BCUT2D eigenvalue weighted by atomic mass is 9.85. The zero-order valence-electron chi connectivity index (χ0n) is 11.5. The summed E-state index contributed by atoms with van der Waals surface area (Å²) in [6.45, 7) is 0. The molecule has 0 radical (unpaired) electrons. The van der Waals surface area contributed by atoms with Crippen LogP contribution in [0, 0.1) is 33.5 Å². The van der Waals surface area contributed by atoms with Crippen LogP contribution in [0.15, 0.2) is 29.3 Å². The second-order valence-electron chi connectivity index (χ2n) is 5.66. The van der Waals surface area contributed by atoms with Crippen molar-refractivity contribution in [3.8, 4) is 12.1 Å². The summed E-state index contributed by atoms with van der Waals surface area (Å²) in [4.78, 5) is 30.3. The number of fused-ring (bicyclic) bond motifs is 5. The van der Waals surface area contributed by atoms with E-state index in [-0.39, 0.29) is 5.84 Å². The molecule has 2 amide bonds. The molecule has 22 heavy (non-hydrogen) atoms. The van der Waals surface area contributed by atoms with Gasteiger partial charge in [0.2, 0.25) is 5.91 Å². The SMILES string of the molecule is CN1C(=O)[C@@]2(c3ccccc31)[C@@]1(C#N)C(=O)N=C(N)[C@@]12C#N. The Labute approximate surface area is 125 Å². The van der Waals surface area contributed by atoms with Gasteiger partial charge in [-0.2, -0.15) is 15.5 Å². The molecule has 1 aromatic carbocycles. The van der Waals surface area contributed by atoms with E-state index in [0.29, 0.717) is 11.3 Å². The van der Waals surface area contributed by atoms with Gasteiger partial charge in [-0.15, -0.1) is 0 Å². The Balaban J connectivity index is 2.17.